The Balaban J connectivity index is 1.81. The van der Waals surface area contributed by atoms with E-state index in [1.54, 1.807) is 7.11 Å². The Morgan fingerprint density at radius 2 is 2.00 bits per heavy atom. The fraction of sp³-hybridized carbons (Fsp3) is 0.600. The van der Waals surface area contributed by atoms with Crippen molar-refractivity contribution >= 4 is 0 Å². The van der Waals surface area contributed by atoms with Crippen molar-refractivity contribution in [2.24, 2.45) is 5.41 Å². The molecule has 1 aromatic carbocycles. The average Bonchev–Trinajstić information content (AvgIpc) is 2.49. The van der Waals surface area contributed by atoms with Crippen molar-refractivity contribution in [3.05, 3.63) is 24.3 Å². The molecule has 0 aromatic heterocycles. The van der Waals surface area contributed by atoms with Crippen LogP contribution >= 0.6 is 0 Å². The second-order valence-electron chi connectivity index (χ2n) is 5.09. The average molecular weight is 266 g/mol. The molecule has 4 heteroatoms. The van der Waals surface area contributed by atoms with E-state index in [-0.39, 0.29) is 12.0 Å². The van der Waals surface area contributed by atoms with Gasteiger partial charge >= 0.3 is 0 Å². The Morgan fingerprint density at radius 1 is 1.26 bits per heavy atom. The van der Waals surface area contributed by atoms with E-state index in [0.29, 0.717) is 13.2 Å². The summed E-state index contributed by atoms with van der Waals surface area (Å²) in [7, 11) is 1.64. The van der Waals surface area contributed by atoms with Gasteiger partial charge in [0.1, 0.15) is 11.5 Å². The highest BCUT2D eigenvalue weighted by molar-refractivity contribution is 5.31. The lowest BCUT2D eigenvalue weighted by molar-refractivity contribution is -0.0481. The lowest BCUT2D eigenvalue weighted by Gasteiger charge is -2.35. The van der Waals surface area contributed by atoms with Crippen molar-refractivity contribution in [3.8, 4) is 11.5 Å². The van der Waals surface area contributed by atoms with E-state index in [4.69, 9.17) is 14.2 Å². The van der Waals surface area contributed by atoms with Crippen LogP contribution in [0, 0.1) is 5.41 Å². The normalized spacial score (nSPS) is 23.1. The lowest BCUT2D eigenvalue weighted by Crippen LogP contribution is -2.36. The molecule has 1 N–H and O–H groups in total. The summed E-state index contributed by atoms with van der Waals surface area (Å²) >= 11 is 0. The fourth-order valence-electron chi connectivity index (χ4n) is 2.37. The lowest BCUT2D eigenvalue weighted by atomic mass is 9.80. The first-order chi connectivity index (χ1) is 9.28. The maximum Gasteiger partial charge on any atom is 0.119 e. The maximum absolute atomic E-state index is 9.55. The highest BCUT2D eigenvalue weighted by atomic mass is 16.5. The third kappa shape index (κ3) is 3.85. The SMILES string of the molecule is COc1ccc(OCCC2(CO)CCCOC2)cc1. The van der Waals surface area contributed by atoms with E-state index in [9.17, 15) is 5.11 Å². The molecule has 19 heavy (non-hydrogen) atoms. The molecular formula is C15H22O4. The molecule has 4 nitrogen and oxygen atoms in total. The molecule has 0 spiro atoms. The molecule has 1 fully saturated rings. The van der Waals surface area contributed by atoms with Crippen LogP contribution in [0.2, 0.25) is 0 Å². The van der Waals surface area contributed by atoms with Gasteiger partial charge < -0.3 is 19.3 Å². The number of ether oxygens (including phenoxy) is 3. The smallest absolute Gasteiger partial charge is 0.119 e. The van der Waals surface area contributed by atoms with E-state index in [2.05, 4.69) is 0 Å². The van der Waals surface area contributed by atoms with Crippen molar-refractivity contribution in [1.82, 2.24) is 0 Å². The minimum absolute atomic E-state index is 0.120. The zero-order chi connectivity index (χ0) is 13.6. The summed E-state index contributed by atoms with van der Waals surface area (Å²) in [4.78, 5) is 0. The molecule has 0 radical (unpaired) electrons. The standard InChI is InChI=1S/C15H22O4/c1-17-13-3-5-14(6-4-13)19-10-8-15(11-16)7-2-9-18-12-15/h3-6,16H,2,7-12H2,1H3. The molecule has 106 valence electrons. The Kier molecular flexibility index (Phi) is 5.05. The summed E-state index contributed by atoms with van der Waals surface area (Å²) in [6.07, 6.45) is 2.84. The van der Waals surface area contributed by atoms with E-state index in [0.717, 1.165) is 37.4 Å². The van der Waals surface area contributed by atoms with Crippen LogP contribution in [0.4, 0.5) is 0 Å². The second kappa shape index (κ2) is 6.78. The molecule has 0 saturated carbocycles. The molecule has 1 saturated heterocycles. The summed E-state index contributed by atoms with van der Waals surface area (Å²) in [5.41, 5.74) is -0.120. The van der Waals surface area contributed by atoms with Crippen LogP contribution in [0.3, 0.4) is 0 Å². The van der Waals surface area contributed by atoms with Gasteiger partial charge in [-0.1, -0.05) is 0 Å². The first kappa shape index (κ1) is 14.2. The molecule has 1 unspecified atom stereocenters. The summed E-state index contributed by atoms with van der Waals surface area (Å²) < 4.78 is 16.3. The number of methoxy groups -OCH3 is 1. The predicted molar refractivity (Wildman–Crippen MR) is 72.7 cm³/mol. The van der Waals surface area contributed by atoms with Gasteiger partial charge in [0.15, 0.2) is 0 Å². The van der Waals surface area contributed by atoms with E-state index >= 15 is 0 Å². The van der Waals surface area contributed by atoms with Gasteiger partial charge in [-0.15, -0.1) is 0 Å². The molecule has 1 aromatic rings. The van der Waals surface area contributed by atoms with Crippen LogP contribution in [0.5, 0.6) is 11.5 Å². The first-order valence-electron chi connectivity index (χ1n) is 6.73. The van der Waals surface area contributed by atoms with Crippen molar-refractivity contribution in [2.45, 2.75) is 19.3 Å². The van der Waals surface area contributed by atoms with Gasteiger partial charge in [-0.3, -0.25) is 0 Å². The highest BCUT2D eigenvalue weighted by Crippen LogP contribution is 2.32. The molecule has 0 aliphatic carbocycles. The topological polar surface area (TPSA) is 47.9 Å². The summed E-state index contributed by atoms with van der Waals surface area (Å²) in [5, 5.41) is 9.55. The van der Waals surface area contributed by atoms with Crippen molar-refractivity contribution in [2.75, 3.05) is 33.5 Å². The van der Waals surface area contributed by atoms with Gasteiger partial charge in [0.25, 0.3) is 0 Å². The zero-order valence-corrected chi connectivity index (χ0v) is 11.4. The van der Waals surface area contributed by atoms with Gasteiger partial charge in [0, 0.05) is 12.0 Å². The highest BCUT2D eigenvalue weighted by Gasteiger charge is 2.32. The Hall–Kier alpha value is -1.26. The van der Waals surface area contributed by atoms with Gasteiger partial charge in [-0.25, -0.2) is 0 Å². The number of aliphatic hydroxyl groups is 1. The van der Waals surface area contributed by atoms with Crippen LogP contribution in [-0.2, 0) is 4.74 Å². The van der Waals surface area contributed by atoms with Crippen LogP contribution in [0.1, 0.15) is 19.3 Å². The van der Waals surface area contributed by atoms with Crippen molar-refractivity contribution < 1.29 is 19.3 Å². The third-order valence-corrected chi connectivity index (χ3v) is 3.70. The molecule has 1 aliphatic rings. The second-order valence-corrected chi connectivity index (χ2v) is 5.09. The molecule has 0 bridgehead atoms. The molecule has 0 amide bonds. The van der Waals surface area contributed by atoms with Gasteiger partial charge in [-0.05, 0) is 43.5 Å². The maximum atomic E-state index is 9.55. The summed E-state index contributed by atoms with van der Waals surface area (Å²) in [6, 6.07) is 7.53. The Bertz CT molecular complexity index is 368. The Morgan fingerprint density at radius 3 is 2.58 bits per heavy atom. The summed E-state index contributed by atoms with van der Waals surface area (Å²) in [5.74, 6) is 1.64. The number of rotatable bonds is 6. The molecule has 1 atom stereocenters. The van der Waals surface area contributed by atoms with Crippen LogP contribution < -0.4 is 9.47 Å². The largest absolute Gasteiger partial charge is 0.497 e. The van der Waals surface area contributed by atoms with Crippen LogP contribution in [-0.4, -0.2) is 38.6 Å². The monoisotopic (exact) mass is 266 g/mol. The number of hydrogen-bond acceptors (Lipinski definition) is 4. The zero-order valence-electron chi connectivity index (χ0n) is 11.4. The van der Waals surface area contributed by atoms with Gasteiger partial charge in [0.05, 0.1) is 26.9 Å². The molecule has 1 aliphatic heterocycles. The minimum Gasteiger partial charge on any atom is -0.497 e. The van der Waals surface area contributed by atoms with Crippen LogP contribution in [0.15, 0.2) is 24.3 Å². The minimum atomic E-state index is -0.120. The van der Waals surface area contributed by atoms with Crippen molar-refractivity contribution in [3.63, 3.8) is 0 Å². The van der Waals surface area contributed by atoms with Crippen LogP contribution in [0.25, 0.3) is 0 Å². The molecule has 2 rings (SSSR count). The summed E-state index contributed by atoms with van der Waals surface area (Å²) in [6.45, 7) is 2.20. The van der Waals surface area contributed by atoms with E-state index < -0.39 is 0 Å². The number of benzene rings is 1. The first-order valence-corrected chi connectivity index (χ1v) is 6.73. The van der Waals surface area contributed by atoms with Crippen molar-refractivity contribution in [1.29, 1.82) is 0 Å². The number of hydrogen-bond donors (Lipinski definition) is 1. The van der Waals surface area contributed by atoms with Gasteiger partial charge in [0.2, 0.25) is 0 Å². The number of aliphatic hydroxyl groups excluding tert-OH is 1. The third-order valence-electron chi connectivity index (χ3n) is 3.70. The predicted octanol–water partition coefficient (Wildman–Crippen LogP) is 2.25. The quantitative estimate of drug-likeness (QED) is 0.858. The molecule has 1 heterocycles. The molecular weight excluding hydrogens is 244 g/mol. The Labute approximate surface area is 114 Å². The van der Waals surface area contributed by atoms with Gasteiger partial charge in [-0.2, -0.15) is 0 Å². The fourth-order valence-corrected chi connectivity index (χ4v) is 2.37. The van der Waals surface area contributed by atoms with E-state index in [1.165, 1.54) is 0 Å². The van der Waals surface area contributed by atoms with E-state index in [1.807, 2.05) is 24.3 Å².